The maximum atomic E-state index is 12.1. The Morgan fingerprint density at radius 1 is 1.38 bits per heavy atom. The fourth-order valence-electron chi connectivity index (χ4n) is 1.65. The lowest BCUT2D eigenvalue weighted by Gasteiger charge is -2.27. The molecule has 0 atom stereocenters. The summed E-state index contributed by atoms with van der Waals surface area (Å²) in [5, 5.41) is 0. The fourth-order valence-corrected chi connectivity index (χ4v) is 2.01. The van der Waals surface area contributed by atoms with Crippen molar-refractivity contribution in [3.8, 4) is 0 Å². The molecule has 0 saturated carbocycles. The Morgan fingerprint density at radius 3 is 2.75 bits per heavy atom. The maximum Gasteiger partial charge on any atom is 0.256 e. The largest absolute Gasteiger partial charge is 0.398 e. The van der Waals surface area contributed by atoms with Gasteiger partial charge in [-0.3, -0.25) is 4.79 Å². The third-order valence-corrected chi connectivity index (χ3v) is 3.04. The lowest BCUT2D eigenvalue weighted by Crippen LogP contribution is -2.40. The number of anilines is 1. The zero-order chi connectivity index (χ0) is 11.5. The number of hydrogen-bond acceptors (Lipinski definition) is 3. The number of carbonyl (C=O) groups excluding carboxylic acids is 1. The number of amides is 1. The van der Waals surface area contributed by atoms with Gasteiger partial charge in [-0.1, -0.05) is 15.9 Å². The highest BCUT2D eigenvalue weighted by molar-refractivity contribution is 9.10. The van der Waals surface area contributed by atoms with Crippen LogP contribution in [0.5, 0.6) is 0 Å². The summed E-state index contributed by atoms with van der Waals surface area (Å²) in [7, 11) is 0. The van der Waals surface area contributed by atoms with Gasteiger partial charge >= 0.3 is 0 Å². The fraction of sp³-hybridized carbons (Fsp3) is 0.364. The zero-order valence-corrected chi connectivity index (χ0v) is 10.4. The molecule has 1 saturated heterocycles. The molecular weight excluding hydrogens is 272 g/mol. The summed E-state index contributed by atoms with van der Waals surface area (Å²) in [6, 6.07) is 5.32. The highest BCUT2D eigenvalue weighted by atomic mass is 79.9. The van der Waals surface area contributed by atoms with Crippen molar-refractivity contribution in [1.29, 1.82) is 0 Å². The van der Waals surface area contributed by atoms with Crippen molar-refractivity contribution in [2.24, 2.45) is 0 Å². The highest BCUT2D eigenvalue weighted by Crippen LogP contribution is 2.20. The van der Waals surface area contributed by atoms with Crippen molar-refractivity contribution >= 4 is 27.5 Å². The van der Waals surface area contributed by atoms with Crippen LogP contribution in [0.25, 0.3) is 0 Å². The van der Waals surface area contributed by atoms with Crippen LogP contribution in [-0.2, 0) is 4.74 Å². The number of benzene rings is 1. The number of halogens is 1. The Bertz CT molecular complexity index is 403. The Kier molecular flexibility index (Phi) is 3.46. The van der Waals surface area contributed by atoms with Gasteiger partial charge in [0.15, 0.2) is 0 Å². The third-order valence-electron chi connectivity index (χ3n) is 2.54. The molecule has 1 heterocycles. The molecule has 0 unspecified atom stereocenters. The molecule has 86 valence electrons. The van der Waals surface area contributed by atoms with Crippen LogP contribution in [0.2, 0.25) is 0 Å². The lowest BCUT2D eigenvalue weighted by atomic mass is 10.1. The average molecular weight is 285 g/mol. The number of carbonyl (C=O) groups is 1. The van der Waals surface area contributed by atoms with Crippen molar-refractivity contribution < 1.29 is 9.53 Å². The van der Waals surface area contributed by atoms with Crippen molar-refractivity contribution in [2.45, 2.75) is 0 Å². The van der Waals surface area contributed by atoms with Gasteiger partial charge in [-0.05, 0) is 18.2 Å². The molecule has 0 radical (unpaired) electrons. The molecule has 2 N–H and O–H groups in total. The molecule has 0 spiro atoms. The average Bonchev–Trinajstić information content (AvgIpc) is 2.32. The first-order chi connectivity index (χ1) is 7.68. The maximum absolute atomic E-state index is 12.1. The lowest BCUT2D eigenvalue weighted by molar-refractivity contribution is 0.0303. The topological polar surface area (TPSA) is 55.6 Å². The highest BCUT2D eigenvalue weighted by Gasteiger charge is 2.20. The number of morpholine rings is 1. The predicted octanol–water partition coefficient (Wildman–Crippen LogP) is 1.50. The van der Waals surface area contributed by atoms with Crippen LogP contribution < -0.4 is 5.73 Å². The number of ether oxygens (including phenoxy) is 1. The van der Waals surface area contributed by atoms with E-state index in [0.29, 0.717) is 37.6 Å². The summed E-state index contributed by atoms with van der Waals surface area (Å²) in [6.07, 6.45) is 0. The van der Waals surface area contributed by atoms with Crippen LogP contribution in [0.4, 0.5) is 5.69 Å². The van der Waals surface area contributed by atoms with Crippen LogP contribution in [0.15, 0.2) is 22.7 Å². The van der Waals surface area contributed by atoms with Gasteiger partial charge in [-0.25, -0.2) is 0 Å². The smallest absolute Gasteiger partial charge is 0.256 e. The number of nitrogen functional groups attached to an aromatic ring is 1. The first-order valence-corrected chi connectivity index (χ1v) is 5.90. The van der Waals surface area contributed by atoms with Gasteiger partial charge in [0.2, 0.25) is 0 Å². The molecule has 1 aliphatic rings. The van der Waals surface area contributed by atoms with Gasteiger partial charge in [0, 0.05) is 23.2 Å². The van der Waals surface area contributed by atoms with Gasteiger partial charge in [0.1, 0.15) is 0 Å². The molecule has 1 amide bonds. The van der Waals surface area contributed by atoms with E-state index in [4.69, 9.17) is 10.5 Å². The van der Waals surface area contributed by atoms with Crippen molar-refractivity contribution in [3.05, 3.63) is 28.2 Å². The molecule has 1 aromatic carbocycles. The van der Waals surface area contributed by atoms with E-state index in [1.807, 2.05) is 6.07 Å². The van der Waals surface area contributed by atoms with Crippen LogP contribution in [0, 0.1) is 0 Å². The summed E-state index contributed by atoms with van der Waals surface area (Å²) in [5.74, 6) is -0.0258. The van der Waals surface area contributed by atoms with E-state index in [1.165, 1.54) is 0 Å². The Balaban J connectivity index is 2.22. The minimum atomic E-state index is -0.0258. The second-order valence-corrected chi connectivity index (χ2v) is 4.55. The molecule has 0 aromatic heterocycles. The van der Waals surface area contributed by atoms with Crippen molar-refractivity contribution in [2.75, 3.05) is 32.0 Å². The first-order valence-electron chi connectivity index (χ1n) is 5.10. The van der Waals surface area contributed by atoms with Crippen molar-refractivity contribution in [1.82, 2.24) is 4.90 Å². The second kappa shape index (κ2) is 4.84. The molecule has 0 aliphatic carbocycles. The number of nitrogens with zero attached hydrogens (tertiary/aromatic N) is 1. The minimum Gasteiger partial charge on any atom is -0.398 e. The number of hydrogen-bond donors (Lipinski definition) is 1. The molecule has 5 heteroatoms. The van der Waals surface area contributed by atoms with Crippen LogP contribution in [-0.4, -0.2) is 37.1 Å². The number of nitrogens with two attached hydrogens (primary N) is 1. The minimum absolute atomic E-state index is 0.0258. The van der Waals surface area contributed by atoms with E-state index in [2.05, 4.69) is 15.9 Å². The monoisotopic (exact) mass is 284 g/mol. The predicted molar refractivity (Wildman–Crippen MR) is 65.3 cm³/mol. The Morgan fingerprint density at radius 2 is 2.06 bits per heavy atom. The van der Waals surface area contributed by atoms with E-state index in [1.54, 1.807) is 17.0 Å². The molecule has 1 aromatic rings. The molecule has 0 bridgehead atoms. The van der Waals surface area contributed by atoms with E-state index >= 15 is 0 Å². The summed E-state index contributed by atoms with van der Waals surface area (Å²) >= 11 is 3.34. The van der Waals surface area contributed by atoms with Gasteiger partial charge < -0.3 is 15.4 Å². The first kappa shape index (κ1) is 11.4. The van der Waals surface area contributed by atoms with Crippen molar-refractivity contribution in [3.63, 3.8) is 0 Å². The molecular formula is C11H13BrN2O2. The second-order valence-electron chi connectivity index (χ2n) is 3.64. The van der Waals surface area contributed by atoms with Crippen LogP contribution in [0.1, 0.15) is 10.4 Å². The standard InChI is InChI=1S/C11H13BrN2O2/c12-8-1-2-10(13)9(7-8)11(15)14-3-5-16-6-4-14/h1-2,7H,3-6,13H2. The molecule has 16 heavy (non-hydrogen) atoms. The molecule has 4 nitrogen and oxygen atoms in total. The summed E-state index contributed by atoms with van der Waals surface area (Å²) < 4.78 is 6.06. The third kappa shape index (κ3) is 2.36. The SMILES string of the molecule is Nc1ccc(Br)cc1C(=O)N1CCOCC1. The Hall–Kier alpha value is -1.07. The quantitative estimate of drug-likeness (QED) is 0.796. The van der Waals surface area contributed by atoms with E-state index in [9.17, 15) is 4.79 Å². The molecule has 2 rings (SSSR count). The zero-order valence-electron chi connectivity index (χ0n) is 8.78. The van der Waals surface area contributed by atoms with Crippen LogP contribution >= 0.6 is 15.9 Å². The summed E-state index contributed by atoms with van der Waals surface area (Å²) in [5.41, 5.74) is 6.86. The van der Waals surface area contributed by atoms with E-state index < -0.39 is 0 Å². The molecule has 1 aliphatic heterocycles. The number of rotatable bonds is 1. The van der Waals surface area contributed by atoms with E-state index in [0.717, 1.165) is 4.47 Å². The van der Waals surface area contributed by atoms with Gasteiger partial charge in [0.25, 0.3) is 5.91 Å². The normalized spacial score (nSPS) is 16.2. The summed E-state index contributed by atoms with van der Waals surface area (Å²) in [4.78, 5) is 13.9. The van der Waals surface area contributed by atoms with E-state index in [-0.39, 0.29) is 5.91 Å². The van der Waals surface area contributed by atoms with Gasteiger partial charge in [0.05, 0.1) is 18.8 Å². The van der Waals surface area contributed by atoms with Gasteiger partial charge in [-0.15, -0.1) is 0 Å². The Labute approximate surface area is 102 Å². The van der Waals surface area contributed by atoms with Gasteiger partial charge in [-0.2, -0.15) is 0 Å². The van der Waals surface area contributed by atoms with Crippen LogP contribution in [0.3, 0.4) is 0 Å². The molecule has 1 fully saturated rings. The summed E-state index contributed by atoms with van der Waals surface area (Å²) in [6.45, 7) is 2.45.